The molecule has 0 saturated heterocycles. The first kappa shape index (κ1) is 9.12. The van der Waals surface area contributed by atoms with E-state index in [1.165, 1.54) is 4.80 Å². The number of nitrogens with zero attached hydrogens (tertiary/aromatic N) is 4. The molecular weight excluding hydrogens is 156 g/mol. The first-order chi connectivity index (χ1) is 5.72. The summed E-state index contributed by atoms with van der Waals surface area (Å²) in [7, 11) is 1.74. The third-order valence-electron chi connectivity index (χ3n) is 1.72. The molecule has 12 heavy (non-hydrogen) atoms. The summed E-state index contributed by atoms with van der Waals surface area (Å²) in [6, 6.07) is 0. The van der Waals surface area contributed by atoms with Crippen LogP contribution in [0.2, 0.25) is 0 Å². The molecule has 1 aromatic rings. The summed E-state index contributed by atoms with van der Waals surface area (Å²) in [4.78, 5) is 1.44. The molecule has 0 aromatic carbocycles. The van der Waals surface area contributed by atoms with E-state index >= 15 is 0 Å². The Balaban J connectivity index is 2.33. The molecule has 5 heteroatoms. The second-order valence-corrected chi connectivity index (χ2v) is 3.02. The zero-order valence-corrected chi connectivity index (χ0v) is 7.43. The number of aromatic nitrogens is 4. The number of aryl methyl sites for hydroxylation is 2. The standard InChI is InChI=1S/C7H14N4O/c1-6(5-12)3-4-7-8-10-11(2)9-7/h6,12H,3-5H2,1-2H3. The van der Waals surface area contributed by atoms with Gasteiger partial charge in [0.25, 0.3) is 0 Å². The lowest BCUT2D eigenvalue weighted by atomic mass is 10.1. The second kappa shape index (κ2) is 4.15. The van der Waals surface area contributed by atoms with Crippen LogP contribution in [0.1, 0.15) is 19.2 Å². The van der Waals surface area contributed by atoms with Gasteiger partial charge in [0.05, 0.1) is 7.05 Å². The summed E-state index contributed by atoms with van der Waals surface area (Å²) in [5, 5.41) is 20.3. The molecule has 0 amide bonds. The van der Waals surface area contributed by atoms with Gasteiger partial charge < -0.3 is 5.11 Å². The highest BCUT2D eigenvalue weighted by molar-refractivity contribution is 4.77. The van der Waals surface area contributed by atoms with E-state index in [4.69, 9.17) is 5.11 Å². The van der Waals surface area contributed by atoms with Gasteiger partial charge in [-0.3, -0.25) is 0 Å². The summed E-state index contributed by atoms with van der Waals surface area (Å²) in [5.74, 6) is 1.06. The minimum Gasteiger partial charge on any atom is -0.396 e. The van der Waals surface area contributed by atoms with E-state index in [1.54, 1.807) is 7.05 Å². The summed E-state index contributed by atoms with van der Waals surface area (Å²) < 4.78 is 0. The van der Waals surface area contributed by atoms with Crippen molar-refractivity contribution in [1.82, 2.24) is 20.2 Å². The summed E-state index contributed by atoms with van der Waals surface area (Å²) >= 11 is 0. The van der Waals surface area contributed by atoms with Gasteiger partial charge in [-0.25, -0.2) is 0 Å². The molecule has 1 N–H and O–H groups in total. The largest absolute Gasteiger partial charge is 0.396 e. The van der Waals surface area contributed by atoms with Crippen LogP contribution in [-0.2, 0) is 13.5 Å². The molecule has 0 fully saturated rings. The lowest BCUT2D eigenvalue weighted by Crippen LogP contribution is -2.03. The van der Waals surface area contributed by atoms with Crippen molar-refractivity contribution >= 4 is 0 Å². The van der Waals surface area contributed by atoms with Crippen molar-refractivity contribution in [2.24, 2.45) is 13.0 Å². The van der Waals surface area contributed by atoms with Crippen molar-refractivity contribution in [3.63, 3.8) is 0 Å². The third-order valence-corrected chi connectivity index (χ3v) is 1.72. The molecule has 1 unspecified atom stereocenters. The number of aliphatic hydroxyl groups excluding tert-OH is 1. The molecule has 0 saturated carbocycles. The van der Waals surface area contributed by atoms with Gasteiger partial charge in [0.1, 0.15) is 0 Å². The van der Waals surface area contributed by atoms with Crippen LogP contribution < -0.4 is 0 Å². The molecule has 0 aliphatic heterocycles. The molecule has 1 atom stereocenters. The predicted octanol–water partition coefficient (Wildman–Crippen LogP) is -0.229. The maximum atomic E-state index is 8.76. The van der Waals surface area contributed by atoms with Crippen LogP contribution in [0, 0.1) is 5.92 Å². The fraction of sp³-hybridized carbons (Fsp3) is 0.857. The zero-order chi connectivity index (χ0) is 8.97. The van der Waals surface area contributed by atoms with E-state index in [9.17, 15) is 0 Å². The van der Waals surface area contributed by atoms with Crippen LogP contribution in [-0.4, -0.2) is 31.9 Å². The molecule has 1 rings (SSSR count). The smallest absolute Gasteiger partial charge is 0.174 e. The molecule has 0 spiro atoms. The van der Waals surface area contributed by atoms with E-state index in [0.717, 1.165) is 18.7 Å². The van der Waals surface area contributed by atoms with E-state index < -0.39 is 0 Å². The molecule has 0 radical (unpaired) electrons. The minimum absolute atomic E-state index is 0.222. The minimum atomic E-state index is 0.222. The van der Waals surface area contributed by atoms with E-state index in [-0.39, 0.29) is 6.61 Å². The first-order valence-electron chi connectivity index (χ1n) is 4.06. The first-order valence-corrected chi connectivity index (χ1v) is 4.06. The number of hydrogen-bond acceptors (Lipinski definition) is 4. The Labute approximate surface area is 71.4 Å². The Kier molecular flexibility index (Phi) is 3.16. The quantitative estimate of drug-likeness (QED) is 0.678. The van der Waals surface area contributed by atoms with E-state index in [2.05, 4.69) is 15.4 Å². The fourth-order valence-corrected chi connectivity index (χ4v) is 0.890. The highest BCUT2D eigenvalue weighted by atomic mass is 16.3. The van der Waals surface area contributed by atoms with Crippen LogP contribution in [0.4, 0.5) is 0 Å². The maximum absolute atomic E-state index is 8.76. The monoisotopic (exact) mass is 170 g/mol. The van der Waals surface area contributed by atoms with Crippen molar-refractivity contribution < 1.29 is 5.11 Å². The van der Waals surface area contributed by atoms with Crippen molar-refractivity contribution in [1.29, 1.82) is 0 Å². The van der Waals surface area contributed by atoms with Gasteiger partial charge in [0, 0.05) is 13.0 Å². The van der Waals surface area contributed by atoms with Gasteiger partial charge >= 0.3 is 0 Å². The summed E-state index contributed by atoms with van der Waals surface area (Å²) in [5.41, 5.74) is 0. The highest BCUT2D eigenvalue weighted by Crippen LogP contribution is 2.03. The van der Waals surface area contributed by atoms with Crippen LogP contribution in [0.15, 0.2) is 0 Å². The molecule has 1 heterocycles. The molecule has 5 nitrogen and oxygen atoms in total. The fourth-order valence-electron chi connectivity index (χ4n) is 0.890. The van der Waals surface area contributed by atoms with Gasteiger partial charge in [-0.2, -0.15) is 4.80 Å². The normalized spacial score (nSPS) is 13.2. The lowest BCUT2D eigenvalue weighted by molar-refractivity contribution is 0.230. The molecular formula is C7H14N4O. The average molecular weight is 170 g/mol. The van der Waals surface area contributed by atoms with Gasteiger partial charge in [0.15, 0.2) is 5.82 Å². The topological polar surface area (TPSA) is 63.8 Å². The van der Waals surface area contributed by atoms with Crippen LogP contribution >= 0.6 is 0 Å². The Hall–Kier alpha value is -0.970. The number of tetrazole rings is 1. The van der Waals surface area contributed by atoms with Crippen molar-refractivity contribution in [3.8, 4) is 0 Å². The van der Waals surface area contributed by atoms with Crippen molar-refractivity contribution in [2.75, 3.05) is 6.61 Å². The van der Waals surface area contributed by atoms with Crippen LogP contribution in [0.5, 0.6) is 0 Å². The van der Waals surface area contributed by atoms with Crippen molar-refractivity contribution in [2.45, 2.75) is 19.8 Å². The van der Waals surface area contributed by atoms with Gasteiger partial charge in [-0.1, -0.05) is 6.92 Å². The van der Waals surface area contributed by atoms with Gasteiger partial charge in [-0.15, -0.1) is 10.2 Å². The molecule has 68 valence electrons. The second-order valence-electron chi connectivity index (χ2n) is 3.02. The number of hydrogen-bond donors (Lipinski definition) is 1. The Morgan fingerprint density at radius 2 is 2.33 bits per heavy atom. The third kappa shape index (κ3) is 2.58. The van der Waals surface area contributed by atoms with Gasteiger partial charge in [-0.05, 0) is 17.6 Å². The predicted molar refractivity (Wildman–Crippen MR) is 43.4 cm³/mol. The zero-order valence-electron chi connectivity index (χ0n) is 7.43. The number of rotatable bonds is 4. The maximum Gasteiger partial charge on any atom is 0.174 e. The van der Waals surface area contributed by atoms with E-state index in [1.807, 2.05) is 6.92 Å². The highest BCUT2D eigenvalue weighted by Gasteiger charge is 2.04. The Morgan fingerprint density at radius 3 is 2.83 bits per heavy atom. The SMILES string of the molecule is CC(CO)CCc1nnn(C)n1. The summed E-state index contributed by atoms with van der Waals surface area (Å²) in [6.45, 7) is 2.22. The van der Waals surface area contributed by atoms with Crippen LogP contribution in [0.25, 0.3) is 0 Å². The number of aliphatic hydroxyl groups is 1. The summed E-state index contributed by atoms with van der Waals surface area (Å²) in [6.07, 6.45) is 1.69. The molecule has 1 aromatic heterocycles. The molecule has 0 aliphatic rings. The molecule has 0 aliphatic carbocycles. The Morgan fingerprint density at radius 1 is 1.58 bits per heavy atom. The Bertz CT molecular complexity index is 235. The average Bonchev–Trinajstić information content (AvgIpc) is 2.47. The van der Waals surface area contributed by atoms with E-state index in [0.29, 0.717) is 5.92 Å². The van der Waals surface area contributed by atoms with Gasteiger partial charge in [0.2, 0.25) is 0 Å². The van der Waals surface area contributed by atoms with Crippen molar-refractivity contribution in [3.05, 3.63) is 5.82 Å². The lowest BCUT2D eigenvalue weighted by Gasteiger charge is -2.03. The van der Waals surface area contributed by atoms with Crippen LogP contribution in [0.3, 0.4) is 0 Å². The molecule has 0 bridgehead atoms.